The molecule has 0 unspecified atom stereocenters. The van der Waals surface area contributed by atoms with Gasteiger partial charge < -0.3 is 14.8 Å². The van der Waals surface area contributed by atoms with Crippen LogP contribution in [0, 0.1) is 19.8 Å². The molecule has 2 rings (SSSR count). The molecule has 0 radical (unpaired) electrons. The van der Waals surface area contributed by atoms with Crippen molar-refractivity contribution in [1.29, 1.82) is 0 Å². The number of amides is 1. The van der Waals surface area contributed by atoms with Gasteiger partial charge in [-0.3, -0.25) is 4.79 Å². The molecule has 0 aromatic heterocycles. The first-order valence-electron chi connectivity index (χ1n) is 9.06. The second-order valence-electron chi connectivity index (χ2n) is 7.04. The second kappa shape index (κ2) is 8.88. The molecule has 3 atom stereocenters. The lowest BCUT2D eigenvalue weighted by Gasteiger charge is -2.30. The zero-order valence-corrected chi connectivity index (χ0v) is 15.6. The van der Waals surface area contributed by atoms with Gasteiger partial charge in [0.2, 0.25) is 0 Å². The van der Waals surface area contributed by atoms with E-state index in [1.54, 1.807) is 6.92 Å². The summed E-state index contributed by atoms with van der Waals surface area (Å²) in [6.07, 6.45) is 3.65. The Kier molecular flexibility index (Phi) is 6.85. The number of ether oxygens (including phenoxy) is 2. The highest BCUT2D eigenvalue weighted by atomic mass is 16.6. The first-order valence-corrected chi connectivity index (χ1v) is 9.06. The quantitative estimate of drug-likeness (QED) is 0.802. The molecule has 1 N–H and O–H groups in total. The minimum Gasteiger partial charge on any atom is -0.482 e. The normalized spacial score (nSPS) is 21.3. The maximum Gasteiger partial charge on any atom is 0.344 e. The average molecular weight is 347 g/mol. The topological polar surface area (TPSA) is 64.6 Å². The number of benzene rings is 1. The van der Waals surface area contributed by atoms with Crippen LogP contribution in [0.15, 0.2) is 18.2 Å². The van der Waals surface area contributed by atoms with Crippen LogP contribution in [-0.4, -0.2) is 30.6 Å². The number of nitrogens with one attached hydrogen (secondary N) is 1. The Morgan fingerprint density at radius 2 is 1.92 bits per heavy atom. The van der Waals surface area contributed by atoms with Crippen LogP contribution in [0.4, 0.5) is 0 Å². The van der Waals surface area contributed by atoms with Crippen molar-refractivity contribution in [3.05, 3.63) is 29.3 Å². The minimum absolute atomic E-state index is 0.175. The third-order valence-electron chi connectivity index (χ3n) is 4.95. The summed E-state index contributed by atoms with van der Waals surface area (Å²) in [4.78, 5) is 24.1. The van der Waals surface area contributed by atoms with E-state index in [0.29, 0.717) is 11.7 Å². The summed E-state index contributed by atoms with van der Waals surface area (Å²) in [5, 5.41) is 3.00. The monoisotopic (exact) mass is 347 g/mol. The predicted octanol–water partition coefficient (Wildman–Crippen LogP) is 3.31. The zero-order chi connectivity index (χ0) is 18.4. The van der Waals surface area contributed by atoms with Crippen LogP contribution in [0.2, 0.25) is 0 Å². The molecule has 0 aliphatic heterocycles. The molecule has 1 amide bonds. The third-order valence-corrected chi connectivity index (χ3v) is 4.95. The van der Waals surface area contributed by atoms with Gasteiger partial charge in [-0.1, -0.05) is 25.8 Å². The van der Waals surface area contributed by atoms with Crippen molar-refractivity contribution < 1.29 is 19.1 Å². The number of hydrogen-bond acceptors (Lipinski definition) is 4. The summed E-state index contributed by atoms with van der Waals surface area (Å²) in [6, 6.07) is 5.81. The van der Waals surface area contributed by atoms with Crippen LogP contribution in [0.25, 0.3) is 0 Å². The minimum atomic E-state index is -0.815. The highest BCUT2D eigenvalue weighted by molar-refractivity contribution is 5.83. The van der Waals surface area contributed by atoms with Gasteiger partial charge in [0.25, 0.3) is 5.91 Å². The number of aryl methyl sites for hydroxylation is 2. The zero-order valence-electron chi connectivity index (χ0n) is 15.6. The molecule has 0 saturated heterocycles. The molecular formula is C20H29NO4. The number of esters is 1. The van der Waals surface area contributed by atoms with Crippen molar-refractivity contribution in [3.8, 4) is 5.75 Å². The van der Waals surface area contributed by atoms with E-state index >= 15 is 0 Å². The molecule has 1 aromatic carbocycles. The first kappa shape index (κ1) is 19.3. The van der Waals surface area contributed by atoms with Gasteiger partial charge in [0.05, 0.1) is 0 Å². The van der Waals surface area contributed by atoms with Gasteiger partial charge in [-0.15, -0.1) is 0 Å². The average Bonchev–Trinajstić information content (AvgIpc) is 2.58. The predicted molar refractivity (Wildman–Crippen MR) is 96.5 cm³/mol. The molecule has 5 nitrogen and oxygen atoms in total. The van der Waals surface area contributed by atoms with Gasteiger partial charge in [-0.2, -0.15) is 0 Å². The van der Waals surface area contributed by atoms with Crippen LogP contribution < -0.4 is 10.1 Å². The van der Waals surface area contributed by atoms with Crippen LogP contribution in [0.5, 0.6) is 5.75 Å². The fourth-order valence-corrected chi connectivity index (χ4v) is 3.06. The summed E-state index contributed by atoms with van der Waals surface area (Å²) in [5.74, 6) is 0.303. The van der Waals surface area contributed by atoms with Gasteiger partial charge in [0.1, 0.15) is 5.75 Å². The largest absolute Gasteiger partial charge is 0.482 e. The molecule has 138 valence electrons. The molecule has 0 bridgehead atoms. The van der Waals surface area contributed by atoms with E-state index < -0.39 is 12.1 Å². The Hall–Kier alpha value is -2.04. The second-order valence-corrected chi connectivity index (χ2v) is 7.04. The van der Waals surface area contributed by atoms with Gasteiger partial charge in [-0.25, -0.2) is 4.79 Å². The molecule has 1 aliphatic rings. The Bertz CT molecular complexity index is 614. The summed E-state index contributed by atoms with van der Waals surface area (Å²) in [5.41, 5.74) is 2.26. The molecule has 25 heavy (non-hydrogen) atoms. The van der Waals surface area contributed by atoms with E-state index in [-0.39, 0.29) is 18.6 Å². The molecule has 0 heterocycles. The third kappa shape index (κ3) is 5.76. The van der Waals surface area contributed by atoms with Crippen molar-refractivity contribution in [2.75, 3.05) is 6.61 Å². The lowest BCUT2D eigenvalue weighted by Crippen LogP contribution is -2.46. The molecule has 1 aliphatic carbocycles. The fourth-order valence-electron chi connectivity index (χ4n) is 3.06. The van der Waals surface area contributed by atoms with Crippen molar-refractivity contribution in [3.63, 3.8) is 0 Å². The first-order chi connectivity index (χ1) is 11.9. The standard InChI is InChI=1S/C20H29NO4/c1-13-9-10-17(11-15(13)3)24-12-19(22)25-16(4)20(23)21-18-8-6-5-7-14(18)2/h9-11,14,16,18H,5-8,12H2,1-4H3,(H,21,23)/t14-,16+,18-/m0/s1. The van der Waals surface area contributed by atoms with Gasteiger partial charge in [0.15, 0.2) is 12.7 Å². The molecular weight excluding hydrogens is 318 g/mol. The van der Waals surface area contributed by atoms with Crippen LogP contribution >= 0.6 is 0 Å². The van der Waals surface area contributed by atoms with Crippen LogP contribution in [-0.2, 0) is 14.3 Å². The highest BCUT2D eigenvalue weighted by Gasteiger charge is 2.26. The van der Waals surface area contributed by atoms with E-state index in [9.17, 15) is 9.59 Å². The van der Waals surface area contributed by atoms with E-state index in [4.69, 9.17) is 9.47 Å². The van der Waals surface area contributed by atoms with E-state index in [2.05, 4.69) is 12.2 Å². The number of carbonyl (C=O) groups excluding carboxylic acids is 2. The molecule has 5 heteroatoms. The van der Waals surface area contributed by atoms with Crippen molar-refractivity contribution >= 4 is 11.9 Å². The van der Waals surface area contributed by atoms with Gasteiger partial charge >= 0.3 is 5.97 Å². The summed E-state index contributed by atoms with van der Waals surface area (Å²) >= 11 is 0. The number of carbonyl (C=O) groups is 2. The Morgan fingerprint density at radius 1 is 1.20 bits per heavy atom. The smallest absolute Gasteiger partial charge is 0.344 e. The summed E-state index contributed by atoms with van der Waals surface area (Å²) in [7, 11) is 0. The lowest BCUT2D eigenvalue weighted by atomic mass is 9.86. The maximum absolute atomic E-state index is 12.2. The Balaban J connectivity index is 1.76. The number of rotatable bonds is 6. The maximum atomic E-state index is 12.2. The van der Waals surface area contributed by atoms with E-state index in [0.717, 1.165) is 30.4 Å². The molecule has 1 fully saturated rings. The van der Waals surface area contributed by atoms with Gasteiger partial charge in [-0.05, 0) is 62.8 Å². The molecule has 1 saturated carbocycles. The van der Waals surface area contributed by atoms with E-state index in [1.807, 2.05) is 32.0 Å². The lowest BCUT2D eigenvalue weighted by molar-refractivity contribution is -0.157. The van der Waals surface area contributed by atoms with Crippen molar-refractivity contribution in [1.82, 2.24) is 5.32 Å². The highest BCUT2D eigenvalue weighted by Crippen LogP contribution is 2.23. The SMILES string of the molecule is Cc1ccc(OCC(=O)O[C@H](C)C(=O)N[C@H]2CCCC[C@@H]2C)cc1C. The van der Waals surface area contributed by atoms with Crippen molar-refractivity contribution in [2.45, 2.75) is 65.5 Å². The Morgan fingerprint density at radius 3 is 2.60 bits per heavy atom. The fraction of sp³-hybridized carbons (Fsp3) is 0.600. The summed E-state index contributed by atoms with van der Waals surface area (Å²) < 4.78 is 10.6. The summed E-state index contributed by atoms with van der Waals surface area (Å²) in [6.45, 7) is 7.54. The molecule has 1 aromatic rings. The van der Waals surface area contributed by atoms with Crippen LogP contribution in [0.3, 0.4) is 0 Å². The van der Waals surface area contributed by atoms with Gasteiger partial charge in [0, 0.05) is 6.04 Å². The Labute approximate surface area is 150 Å². The van der Waals surface area contributed by atoms with E-state index in [1.165, 1.54) is 6.42 Å². The van der Waals surface area contributed by atoms with Crippen LogP contribution in [0.1, 0.15) is 50.7 Å². The molecule has 0 spiro atoms. The van der Waals surface area contributed by atoms with Crippen molar-refractivity contribution in [2.24, 2.45) is 5.92 Å². The number of hydrogen-bond donors (Lipinski definition) is 1.